The van der Waals surface area contributed by atoms with Gasteiger partial charge in [-0.3, -0.25) is 0 Å². The Morgan fingerprint density at radius 2 is 1.95 bits per heavy atom. The van der Waals surface area contributed by atoms with Crippen LogP contribution in [-0.2, 0) is 6.42 Å². The second-order valence-electron chi connectivity index (χ2n) is 6.18. The summed E-state index contributed by atoms with van der Waals surface area (Å²) < 4.78 is 2.11. The molecule has 1 aliphatic carbocycles. The maximum absolute atomic E-state index is 4.76. The number of hydrogen-bond acceptors (Lipinski definition) is 2. The molecule has 1 fully saturated rings. The molecule has 1 heterocycles. The summed E-state index contributed by atoms with van der Waals surface area (Å²) in [7, 11) is 0. The van der Waals surface area contributed by atoms with Crippen LogP contribution in [0.3, 0.4) is 0 Å². The highest BCUT2D eigenvalue weighted by atomic mass is 15.3. The van der Waals surface area contributed by atoms with Crippen molar-refractivity contribution < 1.29 is 0 Å². The van der Waals surface area contributed by atoms with Gasteiger partial charge in [-0.2, -0.15) is 5.10 Å². The molecule has 3 nitrogen and oxygen atoms in total. The first-order valence-electron chi connectivity index (χ1n) is 8.01. The first-order valence-corrected chi connectivity index (χ1v) is 8.01. The van der Waals surface area contributed by atoms with Gasteiger partial charge in [0.05, 0.1) is 11.4 Å². The number of aryl methyl sites for hydroxylation is 2. The molecule has 1 aromatic carbocycles. The second kappa shape index (κ2) is 6.02. The minimum atomic E-state index is 0.807. The molecular weight excluding hydrogens is 258 g/mol. The number of nitrogens with zero attached hydrogens (tertiary/aromatic N) is 2. The Morgan fingerprint density at radius 1 is 1.19 bits per heavy atom. The third kappa shape index (κ3) is 3.18. The number of aromatic nitrogens is 2. The van der Waals surface area contributed by atoms with Gasteiger partial charge in [0.1, 0.15) is 0 Å². The van der Waals surface area contributed by atoms with Crippen molar-refractivity contribution in [1.82, 2.24) is 15.1 Å². The van der Waals surface area contributed by atoms with Gasteiger partial charge in [-0.15, -0.1) is 0 Å². The summed E-state index contributed by atoms with van der Waals surface area (Å²) >= 11 is 0. The van der Waals surface area contributed by atoms with Gasteiger partial charge in [-0.1, -0.05) is 18.2 Å². The van der Waals surface area contributed by atoms with Crippen LogP contribution in [0.1, 0.15) is 41.8 Å². The number of para-hydroxylation sites is 1. The quantitative estimate of drug-likeness (QED) is 0.823. The Kier molecular flexibility index (Phi) is 4.11. The van der Waals surface area contributed by atoms with Crippen molar-refractivity contribution >= 4 is 0 Å². The predicted octanol–water partition coefficient (Wildman–Crippen LogP) is 3.48. The summed E-state index contributed by atoms with van der Waals surface area (Å²) in [5.74, 6) is 0. The smallest absolute Gasteiger partial charge is 0.0678 e. The van der Waals surface area contributed by atoms with Gasteiger partial charge in [0.15, 0.2) is 0 Å². The SMILES string of the molecule is Cc1ccccc1-n1nc(C)c(CCCNC2CC2)c1C. The Bertz CT molecular complexity index is 623. The molecule has 1 aliphatic rings. The average Bonchev–Trinajstić information content (AvgIpc) is 3.24. The topological polar surface area (TPSA) is 29.9 Å². The van der Waals surface area contributed by atoms with Crippen molar-refractivity contribution in [3.63, 3.8) is 0 Å². The van der Waals surface area contributed by atoms with E-state index in [1.165, 1.54) is 47.5 Å². The Labute approximate surface area is 127 Å². The van der Waals surface area contributed by atoms with Crippen LogP contribution >= 0.6 is 0 Å². The lowest BCUT2D eigenvalue weighted by molar-refractivity contribution is 0.644. The van der Waals surface area contributed by atoms with Gasteiger partial charge in [-0.05, 0) is 70.2 Å². The van der Waals surface area contributed by atoms with E-state index in [1.54, 1.807) is 0 Å². The fourth-order valence-corrected chi connectivity index (χ4v) is 2.93. The van der Waals surface area contributed by atoms with Crippen LogP contribution in [0.25, 0.3) is 5.69 Å². The molecule has 112 valence electrons. The average molecular weight is 283 g/mol. The van der Waals surface area contributed by atoms with E-state index >= 15 is 0 Å². The molecule has 1 N–H and O–H groups in total. The van der Waals surface area contributed by atoms with Gasteiger partial charge in [0.25, 0.3) is 0 Å². The molecule has 1 aromatic heterocycles. The lowest BCUT2D eigenvalue weighted by Gasteiger charge is -2.08. The maximum Gasteiger partial charge on any atom is 0.0678 e. The first kappa shape index (κ1) is 14.3. The molecule has 3 rings (SSSR count). The van der Waals surface area contributed by atoms with E-state index in [4.69, 9.17) is 5.10 Å². The molecule has 0 amide bonds. The second-order valence-corrected chi connectivity index (χ2v) is 6.18. The van der Waals surface area contributed by atoms with Crippen LogP contribution < -0.4 is 5.32 Å². The number of benzene rings is 1. The molecule has 0 radical (unpaired) electrons. The largest absolute Gasteiger partial charge is 0.314 e. The maximum atomic E-state index is 4.76. The molecule has 0 saturated heterocycles. The van der Waals surface area contributed by atoms with Crippen molar-refractivity contribution in [2.75, 3.05) is 6.54 Å². The van der Waals surface area contributed by atoms with E-state index in [9.17, 15) is 0 Å². The van der Waals surface area contributed by atoms with Gasteiger partial charge in [0, 0.05) is 11.7 Å². The normalized spacial score (nSPS) is 14.6. The van der Waals surface area contributed by atoms with Gasteiger partial charge in [-0.25, -0.2) is 4.68 Å². The fourth-order valence-electron chi connectivity index (χ4n) is 2.93. The highest BCUT2D eigenvalue weighted by molar-refractivity contribution is 5.42. The minimum Gasteiger partial charge on any atom is -0.314 e. The molecule has 2 aromatic rings. The van der Waals surface area contributed by atoms with Crippen molar-refractivity contribution in [2.45, 2.75) is 52.5 Å². The van der Waals surface area contributed by atoms with E-state index in [0.29, 0.717) is 0 Å². The standard InChI is InChI=1S/C18H25N3/c1-13-7-4-5-9-18(13)21-15(3)17(14(2)20-21)8-6-12-19-16-10-11-16/h4-5,7,9,16,19H,6,8,10-12H2,1-3H3. The van der Waals surface area contributed by atoms with Crippen molar-refractivity contribution in [2.24, 2.45) is 0 Å². The summed E-state index contributed by atoms with van der Waals surface area (Å²) in [6.45, 7) is 7.59. The molecule has 0 atom stereocenters. The van der Waals surface area contributed by atoms with Crippen LogP contribution in [-0.4, -0.2) is 22.4 Å². The molecule has 1 saturated carbocycles. The lowest BCUT2D eigenvalue weighted by atomic mass is 10.1. The summed E-state index contributed by atoms with van der Waals surface area (Å²) in [6, 6.07) is 9.26. The highest BCUT2D eigenvalue weighted by Gasteiger charge is 2.20. The predicted molar refractivity (Wildman–Crippen MR) is 87.1 cm³/mol. The van der Waals surface area contributed by atoms with Gasteiger partial charge >= 0.3 is 0 Å². The van der Waals surface area contributed by atoms with Crippen molar-refractivity contribution in [1.29, 1.82) is 0 Å². The summed E-state index contributed by atoms with van der Waals surface area (Å²) in [4.78, 5) is 0. The third-order valence-corrected chi connectivity index (χ3v) is 4.40. The van der Waals surface area contributed by atoms with Crippen LogP contribution in [0.2, 0.25) is 0 Å². The van der Waals surface area contributed by atoms with E-state index in [-0.39, 0.29) is 0 Å². The number of hydrogen-bond donors (Lipinski definition) is 1. The number of nitrogens with one attached hydrogen (secondary N) is 1. The van der Waals surface area contributed by atoms with E-state index < -0.39 is 0 Å². The van der Waals surface area contributed by atoms with Crippen LogP contribution in [0.4, 0.5) is 0 Å². The third-order valence-electron chi connectivity index (χ3n) is 4.40. The molecule has 21 heavy (non-hydrogen) atoms. The minimum absolute atomic E-state index is 0.807. The Balaban J connectivity index is 1.74. The highest BCUT2D eigenvalue weighted by Crippen LogP contribution is 2.22. The molecule has 0 aliphatic heterocycles. The zero-order valence-corrected chi connectivity index (χ0v) is 13.3. The molecule has 0 unspecified atom stereocenters. The Hall–Kier alpha value is -1.61. The molecule has 0 spiro atoms. The molecular formula is C18H25N3. The van der Waals surface area contributed by atoms with Crippen LogP contribution in [0, 0.1) is 20.8 Å². The van der Waals surface area contributed by atoms with E-state index in [2.05, 4.69) is 55.0 Å². The molecule has 3 heteroatoms. The van der Waals surface area contributed by atoms with Crippen molar-refractivity contribution in [3.8, 4) is 5.69 Å². The zero-order valence-electron chi connectivity index (χ0n) is 13.3. The fraction of sp³-hybridized carbons (Fsp3) is 0.500. The van der Waals surface area contributed by atoms with E-state index in [0.717, 1.165) is 19.0 Å². The van der Waals surface area contributed by atoms with Crippen LogP contribution in [0.15, 0.2) is 24.3 Å². The van der Waals surface area contributed by atoms with E-state index in [1.807, 2.05) is 0 Å². The summed E-state index contributed by atoms with van der Waals surface area (Å²) in [5.41, 5.74) is 6.33. The zero-order chi connectivity index (χ0) is 14.8. The van der Waals surface area contributed by atoms with Gasteiger partial charge in [0.2, 0.25) is 0 Å². The first-order chi connectivity index (χ1) is 10.2. The number of rotatable bonds is 6. The molecule has 0 bridgehead atoms. The van der Waals surface area contributed by atoms with Crippen molar-refractivity contribution in [3.05, 3.63) is 46.8 Å². The Morgan fingerprint density at radius 3 is 2.67 bits per heavy atom. The van der Waals surface area contributed by atoms with Crippen LogP contribution in [0.5, 0.6) is 0 Å². The lowest BCUT2D eigenvalue weighted by Crippen LogP contribution is -2.18. The summed E-state index contributed by atoms with van der Waals surface area (Å²) in [6.07, 6.45) is 5.04. The monoisotopic (exact) mass is 283 g/mol. The van der Waals surface area contributed by atoms with Gasteiger partial charge < -0.3 is 5.32 Å². The summed E-state index contributed by atoms with van der Waals surface area (Å²) in [5, 5.41) is 8.35.